The number of aromatic nitrogens is 2. The number of likely N-dealkylation sites (N-methyl/N-ethyl adjacent to an activating group) is 1. The van der Waals surface area contributed by atoms with Crippen LogP contribution >= 0.6 is 15.9 Å². The molecule has 8 nitrogen and oxygen atoms in total. The van der Waals surface area contributed by atoms with E-state index in [2.05, 4.69) is 26.1 Å². The van der Waals surface area contributed by atoms with Gasteiger partial charge in [-0.25, -0.2) is 0 Å². The number of carbonyl (C=O) groups excluding carboxylic acids is 3. The van der Waals surface area contributed by atoms with Crippen LogP contribution in [0.3, 0.4) is 0 Å². The van der Waals surface area contributed by atoms with Crippen molar-refractivity contribution in [3.8, 4) is 0 Å². The van der Waals surface area contributed by atoms with Crippen LogP contribution in [-0.2, 0) is 14.3 Å². The number of nitrogens with zero attached hydrogens (tertiary/aromatic N) is 3. The van der Waals surface area contributed by atoms with Gasteiger partial charge in [0.1, 0.15) is 0 Å². The van der Waals surface area contributed by atoms with Crippen molar-refractivity contribution in [1.82, 2.24) is 20.0 Å². The van der Waals surface area contributed by atoms with Crippen LogP contribution < -0.4 is 0 Å². The second-order valence-electron chi connectivity index (χ2n) is 7.02. The van der Waals surface area contributed by atoms with Crippen LogP contribution in [0.1, 0.15) is 55.7 Å². The van der Waals surface area contributed by atoms with E-state index < -0.39 is 0 Å². The van der Waals surface area contributed by atoms with E-state index >= 15 is 0 Å². The van der Waals surface area contributed by atoms with E-state index in [1.807, 2.05) is 13.8 Å². The van der Waals surface area contributed by atoms with Crippen molar-refractivity contribution in [1.29, 1.82) is 0 Å². The summed E-state index contributed by atoms with van der Waals surface area (Å²) in [4.78, 5) is 40.0. The number of H-pyrrole nitrogens is 1. The lowest BCUT2D eigenvalue weighted by atomic mass is 9.97. The summed E-state index contributed by atoms with van der Waals surface area (Å²) >= 11 is 3.42. The number of carbonyl (C=O) groups is 3. The number of rotatable bonds is 6. The molecule has 1 saturated heterocycles. The van der Waals surface area contributed by atoms with Crippen molar-refractivity contribution in [3.05, 3.63) is 15.9 Å². The van der Waals surface area contributed by atoms with Crippen molar-refractivity contribution >= 4 is 33.7 Å². The fourth-order valence-electron chi connectivity index (χ4n) is 3.05. The fourth-order valence-corrected chi connectivity index (χ4v) is 3.85. The molecule has 0 bridgehead atoms. The Morgan fingerprint density at radius 1 is 1.33 bits per heavy atom. The standard InChI is InChI=1S/C18H27BrN4O4/c1-5-27-18(26)12-6-8-23(9-7-12)13(24)10-22(4)17(25)16-14(19)15(11(2)3)20-21-16/h11-12H,5-10H2,1-4H3,(H,20,21). The molecule has 0 aromatic carbocycles. The van der Waals surface area contributed by atoms with E-state index in [0.717, 1.165) is 5.69 Å². The van der Waals surface area contributed by atoms with Gasteiger partial charge in [0, 0.05) is 20.1 Å². The van der Waals surface area contributed by atoms with Gasteiger partial charge in [-0.2, -0.15) is 5.10 Å². The Hall–Kier alpha value is -1.90. The van der Waals surface area contributed by atoms with E-state index in [1.54, 1.807) is 18.9 Å². The molecule has 2 amide bonds. The summed E-state index contributed by atoms with van der Waals surface area (Å²) in [6, 6.07) is 0. The maximum atomic E-state index is 12.6. The molecule has 0 saturated carbocycles. The molecule has 150 valence electrons. The first-order valence-electron chi connectivity index (χ1n) is 9.19. The van der Waals surface area contributed by atoms with Gasteiger partial charge >= 0.3 is 5.97 Å². The fraction of sp³-hybridized carbons (Fsp3) is 0.667. The first-order valence-corrected chi connectivity index (χ1v) is 9.99. The van der Waals surface area contributed by atoms with Crippen LogP contribution in [0.2, 0.25) is 0 Å². The second kappa shape index (κ2) is 9.34. The zero-order chi connectivity index (χ0) is 20.1. The van der Waals surface area contributed by atoms with Gasteiger partial charge in [0.05, 0.1) is 29.2 Å². The highest BCUT2D eigenvalue weighted by molar-refractivity contribution is 9.10. The lowest BCUT2D eigenvalue weighted by Crippen LogP contribution is -2.45. The van der Waals surface area contributed by atoms with E-state index in [9.17, 15) is 14.4 Å². The van der Waals surface area contributed by atoms with E-state index in [1.165, 1.54) is 4.90 Å². The SMILES string of the molecule is CCOC(=O)C1CCN(C(=O)CN(C)C(=O)c2n[nH]c(C(C)C)c2Br)CC1. The summed E-state index contributed by atoms with van der Waals surface area (Å²) < 4.78 is 5.68. The minimum absolute atomic E-state index is 0.0286. The van der Waals surface area contributed by atoms with Crippen LogP contribution in [0.25, 0.3) is 0 Å². The summed E-state index contributed by atoms with van der Waals surface area (Å²) in [5.74, 6) is -0.603. The maximum absolute atomic E-state index is 12.6. The van der Waals surface area contributed by atoms with Crippen LogP contribution in [-0.4, -0.2) is 71.1 Å². The lowest BCUT2D eigenvalue weighted by Gasteiger charge is -2.32. The third-order valence-corrected chi connectivity index (χ3v) is 5.50. The average Bonchev–Trinajstić information content (AvgIpc) is 3.02. The summed E-state index contributed by atoms with van der Waals surface area (Å²) in [6.45, 7) is 7.11. The Bertz CT molecular complexity index is 696. The third-order valence-electron chi connectivity index (χ3n) is 4.70. The highest BCUT2D eigenvalue weighted by Gasteiger charge is 2.30. The average molecular weight is 443 g/mol. The molecule has 0 radical (unpaired) electrons. The van der Waals surface area contributed by atoms with Crippen molar-refractivity contribution in [2.24, 2.45) is 5.92 Å². The molecule has 1 aromatic heterocycles. The molecule has 0 unspecified atom stereocenters. The zero-order valence-corrected chi connectivity index (χ0v) is 17.8. The lowest BCUT2D eigenvalue weighted by molar-refractivity contribution is -0.151. The Balaban J connectivity index is 1.90. The maximum Gasteiger partial charge on any atom is 0.309 e. The first-order chi connectivity index (χ1) is 12.8. The van der Waals surface area contributed by atoms with Gasteiger partial charge < -0.3 is 14.5 Å². The number of hydrogen-bond donors (Lipinski definition) is 1. The summed E-state index contributed by atoms with van der Waals surface area (Å²) in [5.41, 5.74) is 1.12. The number of amides is 2. The largest absolute Gasteiger partial charge is 0.466 e. The number of hydrogen-bond acceptors (Lipinski definition) is 5. The van der Waals surface area contributed by atoms with Gasteiger partial charge in [-0.05, 0) is 41.6 Å². The molecule has 1 fully saturated rings. The molecule has 0 atom stereocenters. The minimum Gasteiger partial charge on any atom is -0.466 e. The number of nitrogens with one attached hydrogen (secondary N) is 1. The van der Waals surface area contributed by atoms with E-state index in [4.69, 9.17) is 4.74 Å². The van der Waals surface area contributed by atoms with Gasteiger partial charge in [0.2, 0.25) is 5.91 Å². The monoisotopic (exact) mass is 442 g/mol. The Kier molecular flexibility index (Phi) is 7.41. The smallest absolute Gasteiger partial charge is 0.309 e. The Labute approximate surface area is 167 Å². The predicted octanol–water partition coefficient (Wildman–Crippen LogP) is 2.17. The molecule has 1 aliphatic heterocycles. The molecular formula is C18H27BrN4O4. The number of esters is 1. The van der Waals surface area contributed by atoms with Gasteiger partial charge in [0.25, 0.3) is 5.91 Å². The van der Waals surface area contributed by atoms with Gasteiger partial charge in [-0.15, -0.1) is 0 Å². The van der Waals surface area contributed by atoms with Crippen molar-refractivity contribution in [3.63, 3.8) is 0 Å². The van der Waals surface area contributed by atoms with E-state index in [-0.39, 0.29) is 41.9 Å². The third kappa shape index (κ3) is 5.09. The number of halogens is 1. The quantitative estimate of drug-likeness (QED) is 0.680. The molecule has 1 N–H and O–H groups in total. The molecular weight excluding hydrogens is 416 g/mol. The van der Waals surface area contributed by atoms with Crippen LogP contribution in [0, 0.1) is 5.92 Å². The van der Waals surface area contributed by atoms with Crippen LogP contribution in [0.15, 0.2) is 4.47 Å². The normalized spacial score (nSPS) is 15.1. The highest BCUT2D eigenvalue weighted by Crippen LogP contribution is 2.26. The molecule has 0 spiro atoms. The summed E-state index contributed by atoms with van der Waals surface area (Å²) in [5, 5.41) is 6.95. The molecule has 27 heavy (non-hydrogen) atoms. The number of likely N-dealkylation sites (tertiary alicyclic amines) is 1. The molecule has 1 aromatic rings. The van der Waals surface area contributed by atoms with Crippen molar-refractivity contribution in [2.45, 2.75) is 39.5 Å². The molecule has 9 heteroatoms. The van der Waals surface area contributed by atoms with Gasteiger partial charge in [0.15, 0.2) is 5.69 Å². The Morgan fingerprint density at radius 3 is 2.48 bits per heavy atom. The summed E-state index contributed by atoms with van der Waals surface area (Å²) in [7, 11) is 1.59. The van der Waals surface area contributed by atoms with Crippen molar-refractivity contribution < 1.29 is 19.1 Å². The molecule has 0 aliphatic carbocycles. The predicted molar refractivity (Wildman–Crippen MR) is 103 cm³/mol. The number of ether oxygens (including phenoxy) is 1. The zero-order valence-electron chi connectivity index (χ0n) is 16.2. The Morgan fingerprint density at radius 2 is 1.96 bits per heavy atom. The van der Waals surface area contributed by atoms with E-state index in [0.29, 0.717) is 37.0 Å². The number of aromatic amines is 1. The first kappa shape index (κ1) is 21.4. The molecule has 2 heterocycles. The summed E-state index contributed by atoms with van der Waals surface area (Å²) in [6.07, 6.45) is 1.18. The van der Waals surface area contributed by atoms with Crippen LogP contribution in [0.4, 0.5) is 0 Å². The van der Waals surface area contributed by atoms with Gasteiger partial charge in [-0.1, -0.05) is 13.8 Å². The topological polar surface area (TPSA) is 95.6 Å². The second-order valence-corrected chi connectivity index (χ2v) is 7.82. The minimum atomic E-state index is -0.320. The molecule has 2 rings (SSSR count). The number of piperidine rings is 1. The van der Waals surface area contributed by atoms with Crippen molar-refractivity contribution in [2.75, 3.05) is 33.3 Å². The van der Waals surface area contributed by atoms with Crippen LogP contribution in [0.5, 0.6) is 0 Å². The van der Waals surface area contributed by atoms with Gasteiger partial charge in [-0.3, -0.25) is 19.5 Å². The highest BCUT2D eigenvalue weighted by atomic mass is 79.9. The molecule has 1 aliphatic rings.